The van der Waals surface area contributed by atoms with Crippen LogP contribution in [-0.4, -0.2) is 22.7 Å². The highest BCUT2D eigenvalue weighted by molar-refractivity contribution is 7.99. The molecule has 1 N–H and O–H groups in total. The van der Waals surface area contributed by atoms with Crippen LogP contribution >= 0.6 is 11.8 Å². The predicted octanol–water partition coefficient (Wildman–Crippen LogP) is 2.29. The summed E-state index contributed by atoms with van der Waals surface area (Å²) < 4.78 is 0. The van der Waals surface area contributed by atoms with Crippen LogP contribution in [0.1, 0.15) is 33.1 Å². The molecule has 2 heteroatoms. The molecule has 0 spiro atoms. The molecule has 1 saturated carbocycles. The second-order valence-corrected chi connectivity index (χ2v) is 5.18. The summed E-state index contributed by atoms with van der Waals surface area (Å²) in [6, 6.07) is 0. The number of hydrogen-bond donors (Lipinski definition) is 1. The summed E-state index contributed by atoms with van der Waals surface area (Å²) in [6.45, 7) is 4.33. The maximum atomic E-state index is 9.88. The van der Waals surface area contributed by atoms with Crippen molar-refractivity contribution in [1.29, 1.82) is 0 Å². The average Bonchev–Trinajstić information content (AvgIpc) is 1.95. The minimum atomic E-state index is -0.105. The molecule has 2 unspecified atom stereocenters. The van der Waals surface area contributed by atoms with Gasteiger partial charge in [-0.3, -0.25) is 0 Å². The molecule has 0 heterocycles. The standard InChI is InChI=1S/C9H18OS/c1-9(2)6-4-5-7(11-3)8(9)10/h7-8,10H,4-6H2,1-3H3. The third kappa shape index (κ3) is 1.91. The molecule has 11 heavy (non-hydrogen) atoms. The van der Waals surface area contributed by atoms with Crippen molar-refractivity contribution in [2.45, 2.75) is 44.5 Å². The van der Waals surface area contributed by atoms with Gasteiger partial charge in [-0.05, 0) is 24.5 Å². The number of rotatable bonds is 1. The lowest BCUT2D eigenvalue weighted by atomic mass is 9.75. The van der Waals surface area contributed by atoms with E-state index in [1.54, 1.807) is 11.8 Å². The Morgan fingerprint density at radius 3 is 2.55 bits per heavy atom. The molecule has 2 atom stereocenters. The molecule has 0 saturated heterocycles. The van der Waals surface area contributed by atoms with Crippen LogP contribution in [0, 0.1) is 5.41 Å². The Bertz CT molecular complexity index is 134. The average molecular weight is 174 g/mol. The fourth-order valence-electron chi connectivity index (χ4n) is 1.81. The van der Waals surface area contributed by atoms with Crippen molar-refractivity contribution in [1.82, 2.24) is 0 Å². The van der Waals surface area contributed by atoms with E-state index in [0.29, 0.717) is 5.25 Å². The van der Waals surface area contributed by atoms with Gasteiger partial charge >= 0.3 is 0 Å². The lowest BCUT2D eigenvalue weighted by Gasteiger charge is -2.40. The quantitative estimate of drug-likeness (QED) is 0.658. The lowest BCUT2D eigenvalue weighted by molar-refractivity contribution is 0.0192. The number of aliphatic hydroxyl groups excluding tert-OH is 1. The van der Waals surface area contributed by atoms with E-state index in [-0.39, 0.29) is 11.5 Å². The first-order chi connectivity index (χ1) is 5.08. The van der Waals surface area contributed by atoms with E-state index in [1.807, 2.05) is 0 Å². The zero-order chi connectivity index (χ0) is 8.48. The van der Waals surface area contributed by atoms with Gasteiger partial charge < -0.3 is 5.11 Å². The largest absolute Gasteiger partial charge is 0.391 e. The van der Waals surface area contributed by atoms with Gasteiger partial charge in [-0.15, -0.1) is 0 Å². The van der Waals surface area contributed by atoms with Gasteiger partial charge in [-0.1, -0.05) is 20.3 Å². The third-order valence-corrected chi connectivity index (χ3v) is 3.86. The zero-order valence-electron chi connectivity index (χ0n) is 7.63. The first-order valence-corrected chi connectivity index (χ1v) is 5.57. The number of aliphatic hydroxyl groups is 1. The van der Waals surface area contributed by atoms with Crippen molar-refractivity contribution in [3.8, 4) is 0 Å². The van der Waals surface area contributed by atoms with Crippen molar-refractivity contribution in [3.63, 3.8) is 0 Å². The first kappa shape index (κ1) is 9.40. The normalized spacial score (nSPS) is 37.1. The van der Waals surface area contributed by atoms with Gasteiger partial charge in [0.15, 0.2) is 0 Å². The molecule has 1 fully saturated rings. The zero-order valence-corrected chi connectivity index (χ0v) is 8.45. The highest BCUT2D eigenvalue weighted by Gasteiger charge is 2.36. The van der Waals surface area contributed by atoms with Gasteiger partial charge in [0.2, 0.25) is 0 Å². The van der Waals surface area contributed by atoms with Gasteiger partial charge in [0, 0.05) is 5.25 Å². The van der Waals surface area contributed by atoms with Gasteiger partial charge in [0.05, 0.1) is 6.10 Å². The van der Waals surface area contributed by atoms with Crippen LogP contribution < -0.4 is 0 Å². The molecule has 66 valence electrons. The SMILES string of the molecule is CSC1CCCC(C)(C)C1O. The summed E-state index contributed by atoms with van der Waals surface area (Å²) in [6.07, 6.45) is 5.62. The Labute approximate surface area is 73.6 Å². The molecule has 0 bridgehead atoms. The van der Waals surface area contributed by atoms with Crippen LogP contribution in [0.5, 0.6) is 0 Å². The Hall–Kier alpha value is 0.310. The maximum absolute atomic E-state index is 9.88. The second-order valence-electron chi connectivity index (χ2n) is 4.10. The van der Waals surface area contributed by atoms with Crippen LogP contribution in [-0.2, 0) is 0 Å². The lowest BCUT2D eigenvalue weighted by Crippen LogP contribution is -2.41. The van der Waals surface area contributed by atoms with Crippen LogP contribution in [0.15, 0.2) is 0 Å². The third-order valence-electron chi connectivity index (χ3n) is 2.77. The Morgan fingerprint density at radius 1 is 1.45 bits per heavy atom. The summed E-state index contributed by atoms with van der Waals surface area (Å²) in [5, 5.41) is 10.3. The van der Waals surface area contributed by atoms with Crippen molar-refractivity contribution in [3.05, 3.63) is 0 Å². The van der Waals surface area contributed by atoms with Crippen molar-refractivity contribution in [2.75, 3.05) is 6.26 Å². The Kier molecular flexibility index (Phi) is 2.87. The fraction of sp³-hybridized carbons (Fsp3) is 1.00. The van der Waals surface area contributed by atoms with Crippen molar-refractivity contribution >= 4 is 11.8 Å². The molecular formula is C9H18OS. The minimum absolute atomic E-state index is 0.105. The van der Waals surface area contributed by atoms with Gasteiger partial charge in [0.1, 0.15) is 0 Å². The van der Waals surface area contributed by atoms with Crippen LogP contribution in [0.25, 0.3) is 0 Å². The van der Waals surface area contributed by atoms with Crippen LogP contribution in [0.4, 0.5) is 0 Å². The number of hydrogen-bond acceptors (Lipinski definition) is 2. The minimum Gasteiger partial charge on any atom is -0.391 e. The summed E-state index contributed by atoms with van der Waals surface area (Å²) >= 11 is 1.81. The molecule has 0 aromatic heterocycles. The summed E-state index contributed by atoms with van der Waals surface area (Å²) in [4.78, 5) is 0. The first-order valence-electron chi connectivity index (χ1n) is 4.29. The molecular weight excluding hydrogens is 156 g/mol. The second kappa shape index (κ2) is 3.36. The monoisotopic (exact) mass is 174 g/mol. The highest BCUT2D eigenvalue weighted by atomic mass is 32.2. The molecule has 0 aliphatic heterocycles. The fourth-order valence-corrected chi connectivity index (χ4v) is 2.84. The predicted molar refractivity (Wildman–Crippen MR) is 50.9 cm³/mol. The molecule has 1 aliphatic rings. The topological polar surface area (TPSA) is 20.2 Å². The smallest absolute Gasteiger partial charge is 0.0709 e. The summed E-state index contributed by atoms with van der Waals surface area (Å²) in [7, 11) is 0. The van der Waals surface area contributed by atoms with Crippen LogP contribution in [0.3, 0.4) is 0 Å². The summed E-state index contributed by atoms with van der Waals surface area (Å²) in [5.41, 5.74) is 0.145. The van der Waals surface area contributed by atoms with E-state index in [2.05, 4.69) is 20.1 Å². The molecule has 1 rings (SSSR count). The van der Waals surface area contributed by atoms with Crippen LogP contribution in [0.2, 0.25) is 0 Å². The molecule has 0 amide bonds. The molecule has 1 nitrogen and oxygen atoms in total. The van der Waals surface area contributed by atoms with E-state index in [4.69, 9.17) is 0 Å². The van der Waals surface area contributed by atoms with E-state index >= 15 is 0 Å². The van der Waals surface area contributed by atoms with Gasteiger partial charge in [-0.2, -0.15) is 11.8 Å². The molecule has 0 aromatic carbocycles. The van der Waals surface area contributed by atoms with E-state index in [9.17, 15) is 5.11 Å². The van der Waals surface area contributed by atoms with E-state index < -0.39 is 0 Å². The maximum Gasteiger partial charge on any atom is 0.0709 e. The van der Waals surface area contributed by atoms with Crippen molar-refractivity contribution in [2.24, 2.45) is 5.41 Å². The molecule has 0 aromatic rings. The van der Waals surface area contributed by atoms with Gasteiger partial charge in [0.25, 0.3) is 0 Å². The summed E-state index contributed by atoms with van der Waals surface area (Å²) in [5.74, 6) is 0. The van der Waals surface area contributed by atoms with Crippen molar-refractivity contribution < 1.29 is 5.11 Å². The van der Waals surface area contributed by atoms with Gasteiger partial charge in [-0.25, -0.2) is 0 Å². The molecule has 0 radical (unpaired) electrons. The molecule has 1 aliphatic carbocycles. The highest BCUT2D eigenvalue weighted by Crippen LogP contribution is 2.39. The van der Waals surface area contributed by atoms with E-state index in [0.717, 1.165) is 0 Å². The Morgan fingerprint density at radius 2 is 2.09 bits per heavy atom. The Balaban J connectivity index is 2.60. The number of thioether (sulfide) groups is 1. The van der Waals surface area contributed by atoms with E-state index in [1.165, 1.54) is 19.3 Å².